The number of fused-ring (bicyclic) bond motifs is 3. The number of nitrogens with one attached hydrogen (secondary N) is 1. The van der Waals surface area contributed by atoms with E-state index in [1.54, 1.807) is 31.4 Å². The fourth-order valence-electron chi connectivity index (χ4n) is 5.31. The zero-order valence-corrected chi connectivity index (χ0v) is 24.9. The lowest BCUT2D eigenvalue weighted by Crippen LogP contribution is -2.41. The Hall–Kier alpha value is -4.08. The summed E-state index contributed by atoms with van der Waals surface area (Å²) in [5.41, 5.74) is 5.01. The number of esters is 1. The first-order valence-corrected chi connectivity index (χ1v) is 14.0. The van der Waals surface area contributed by atoms with Crippen molar-refractivity contribution in [2.45, 2.75) is 44.8 Å². The van der Waals surface area contributed by atoms with Crippen molar-refractivity contribution in [1.29, 1.82) is 0 Å². The first-order chi connectivity index (χ1) is 20.0. The van der Waals surface area contributed by atoms with Crippen LogP contribution in [-0.2, 0) is 18.8 Å². The monoisotopic (exact) mass is 569 g/mol. The molecule has 3 aromatic rings. The molecule has 0 spiro atoms. The fraction of sp³-hybridized carbons (Fsp3) is 0.333. The minimum absolute atomic E-state index is 0.0495. The Kier molecular flexibility index (Phi) is 8.17. The third-order valence-electron chi connectivity index (χ3n) is 8.33. The van der Waals surface area contributed by atoms with Crippen molar-refractivity contribution in [3.8, 4) is 16.9 Å². The second kappa shape index (κ2) is 11.7. The van der Waals surface area contributed by atoms with Crippen LogP contribution in [-0.4, -0.2) is 57.8 Å². The van der Waals surface area contributed by atoms with E-state index in [1.165, 1.54) is 7.11 Å². The third kappa shape index (κ3) is 5.67. The van der Waals surface area contributed by atoms with Crippen LogP contribution in [0.4, 0.5) is 4.79 Å². The standard InChI is InChI=1S/C33H36BNO7/c1-32(2)33(3,4)42-34(41-32)23(18-22-17-21(30(36)39-6)15-16-29(22)38-5)19-35-31(37)40-20-28-26-13-9-7-11-24(26)25-12-8-10-14-27(25)28/h7-18,28H,19-20H2,1-6H3,(H,35,37). The Morgan fingerprint density at radius 2 is 1.50 bits per heavy atom. The topological polar surface area (TPSA) is 92.3 Å². The third-order valence-corrected chi connectivity index (χ3v) is 8.33. The van der Waals surface area contributed by atoms with Gasteiger partial charge in [-0.3, -0.25) is 0 Å². The molecular formula is C33H36BNO7. The zero-order valence-electron chi connectivity index (χ0n) is 24.9. The molecule has 8 nitrogen and oxygen atoms in total. The minimum Gasteiger partial charge on any atom is -0.496 e. The largest absolute Gasteiger partial charge is 0.496 e. The minimum atomic E-state index is -0.754. The van der Waals surface area contributed by atoms with Gasteiger partial charge in [-0.05, 0) is 73.6 Å². The highest BCUT2D eigenvalue weighted by Crippen LogP contribution is 2.44. The first kappa shape index (κ1) is 29.4. The van der Waals surface area contributed by atoms with Crippen molar-refractivity contribution in [2.24, 2.45) is 0 Å². The van der Waals surface area contributed by atoms with Gasteiger partial charge in [0.05, 0.1) is 31.0 Å². The number of amides is 1. The maximum absolute atomic E-state index is 13.0. The summed E-state index contributed by atoms with van der Waals surface area (Å²) in [4.78, 5) is 25.2. The maximum Gasteiger partial charge on any atom is 0.492 e. The second-order valence-electron chi connectivity index (χ2n) is 11.4. The van der Waals surface area contributed by atoms with Crippen LogP contribution in [0, 0.1) is 0 Å². The van der Waals surface area contributed by atoms with Crippen LogP contribution in [0.2, 0.25) is 0 Å². The molecule has 1 amide bonds. The van der Waals surface area contributed by atoms with Gasteiger partial charge in [0, 0.05) is 18.0 Å². The van der Waals surface area contributed by atoms with Crippen LogP contribution in [0.3, 0.4) is 0 Å². The van der Waals surface area contributed by atoms with E-state index in [0.29, 0.717) is 22.3 Å². The van der Waals surface area contributed by atoms with Crippen molar-refractivity contribution in [3.05, 3.63) is 94.5 Å². The second-order valence-corrected chi connectivity index (χ2v) is 11.4. The molecule has 3 aromatic carbocycles. The van der Waals surface area contributed by atoms with Gasteiger partial charge in [-0.15, -0.1) is 0 Å². The van der Waals surface area contributed by atoms with Crippen LogP contribution < -0.4 is 10.1 Å². The lowest BCUT2D eigenvalue weighted by atomic mass is 9.76. The molecule has 9 heteroatoms. The molecule has 0 saturated carbocycles. The average molecular weight is 569 g/mol. The number of benzene rings is 3. The molecule has 1 N–H and O–H groups in total. The molecule has 1 aliphatic carbocycles. The van der Waals surface area contributed by atoms with Gasteiger partial charge in [-0.2, -0.15) is 0 Å². The fourth-order valence-corrected chi connectivity index (χ4v) is 5.31. The van der Waals surface area contributed by atoms with E-state index in [-0.39, 0.29) is 19.1 Å². The Morgan fingerprint density at radius 1 is 0.905 bits per heavy atom. The van der Waals surface area contributed by atoms with Gasteiger partial charge in [-0.25, -0.2) is 9.59 Å². The molecule has 42 heavy (non-hydrogen) atoms. The predicted octanol–water partition coefficient (Wildman–Crippen LogP) is 6.04. The van der Waals surface area contributed by atoms with Crippen LogP contribution in [0.5, 0.6) is 5.75 Å². The number of ether oxygens (including phenoxy) is 3. The van der Waals surface area contributed by atoms with Crippen molar-refractivity contribution in [2.75, 3.05) is 27.4 Å². The summed E-state index contributed by atoms with van der Waals surface area (Å²) < 4.78 is 28.8. The lowest BCUT2D eigenvalue weighted by molar-refractivity contribution is 0.00578. The lowest BCUT2D eigenvalue weighted by Gasteiger charge is -2.32. The number of alkyl carbamates (subject to hydrolysis) is 1. The van der Waals surface area contributed by atoms with E-state index in [0.717, 1.165) is 22.3 Å². The van der Waals surface area contributed by atoms with Crippen LogP contribution >= 0.6 is 0 Å². The molecule has 2 aliphatic rings. The van der Waals surface area contributed by atoms with E-state index in [2.05, 4.69) is 29.6 Å². The molecule has 1 saturated heterocycles. The number of carbonyl (C=O) groups is 2. The number of hydrogen-bond donors (Lipinski definition) is 1. The van der Waals surface area contributed by atoms with E-state index in [9.17, 15) is 9.59 Å². The Balaban J connectivity index is 1.36. The van der Waals surface area contributed by atoms with Crippen molar-refractivity contribution >= 4 is 25.3 Å². The summed E-state index contributed by atoms with van der Waals surface area (Å²) in [6.07, 6.45) is 1.24. The molecule has 1 heterocycles. The van der Waals surface area contributed by atoms with Gasteiger partial charge < -0.3 is 28.8 Å². The predicted molar refractivity (Wildman–Crippen MR) is 161 cm³/mol. The quantitative estimate of drug-likeness (QED) is 0.261. The van der Waals surface area contributed by atoms with Crippen LogP contribution in [0.15, 0.2) is 72.2 Å². The normalized spacial score (nSPS) is 16.9. The first-order valence-electron chi connectivity index (χ1n) is 14.0. The van der Waals surface area contributed by atoms with Crippen LogP contribution in [0.25, 0.3) is 17.2 Å². The molecule has 1 aliphatic heterocycles. The van der Waals surface area contributed by atoms with Crippen molar-refractivity contribution < 1.29 is 33.1 Å². The number of rotatable bonds is 8. The molecule has 0 atom stereocenters. The van der Waals surface area contributed by atoms with Gasteiger partial charge in [0.2, 0.25) is 0 Å². The van der Waals surface area contributed by atoms with Gasteiger partial charge in [0.15, 0.2) is 0 Å². The molecule has 0 aromatic heterocycles. The summed E-state index contributed by atoms with van der Waals surface area (Å²) >= 11 is 0. The highest BCUT2D eigenvalue weighted by atomic mass is 16.7. The van der Waals surface area contributed by atoms with E-state index in [1.807, 2.05) is 52.0 Å². The van der Waals surface area contributed by atoms with Gasteiger partial charge in [0.25, 0.3) is 0 Å². The number of hydrogen-bond acceptors (Lipinski definition) is 7. The highest BCUT2D eigenvalue weighted by molar-refractivity contribution is 6.56. The van der Waals surface area contributed by atoms with Crippen LogP contribution in [0.1, 0.15) is 60.7 Å². The molecular weight excluding hydrogens is 533 g/mol. The Labute approximate surface area is 247 Å². The van der Waals surface area contributed by atoms with E-state index < -0.39 is 30.4 Å². The zero-order chi connectivity index (χ0) is 30.1. The highest BCUT2D eigenvalue weighted by Gasteiger charge is 2.52. The summed E-state index contributed by atoms with van der Waals surface area (Å²) in [5, 5.41) is 2.87. The summed E-state index contributed by atoms with van der Waals surface area (Å²) in [6, 6.07) is 21.4. The van der Waals surface area contributed by atoms with E-state index in [4.69, 9.17) is 23.5 Å². The van der Waals surface area contributed by atoms with E-state index >= 15 is 0 Å². The molecule has 0 bridgehead atoms. The van der Waals surface area contributed by atoms with Crippen molar-refractivity contribution in [1.82, 2.24) is 5.32 Å². The summed E-state index contributed by atoms with van der Waals surface area (Å²) in [7, 11) is 2.12. The SMILES string of the molecule is COC(=O)c1ccc(OC)c(C=C(CNC(=O)OCC2c3ccccc3-c3ccccc32)B2OC(C)(C)C(C)(C)O2)c1. The Morgan fingerprint density at radius 3 is 2.07 bits per heavy atom. The Bertz CT molecular complexity index is 1470. The van der Waals surface area contributed by atoms with Gasteiger partial charge in [0.1, 0.15) is 12.4 Å². The molecule has 0 radical (unpaired) electrons. The number of methoxy groups -OCH3 is 2. The van der Waals surface area contributed by atoms with Gasteiger partial charge >= 0.3 is 19.2 Å². The molecule has 218 valence electrons. The molecule has 0 unspecified atom stereocenters. The molecule has 1 fully saturated rings. The maximum atomic E-state index is 13.0. The smallest absolute Gasteiger partial charge is 0.492 e. The summed E-state index contributed by atoms with van der Waals surface area (Å²) in [5.74, 6) is 0.0191. The van der Waals surface area contributed by atoms with Crippen molar-refractivity contribution in [3.63, 3.8) is 0 Å². The molecule has 5 rings (SSSR count). The average Bonchev–Trinajstić information content (AvgIpc) is 3.42. The summed E-state index contributed by atoms with van der Waals surface area (Å²) in [6.45, 7) is 8.12. The van der Waals surface area contributed by atoms with Gasteiger partial charge in [-0.1, -0.05) is 54.6 Å². The number of carbonyl (C=O) groups excluding carboxylic acids is 2.